The molecule has 6 heteroatoms. The molecule has 0 aromatic carbocycles. The number of aryl methyl sites for hydroxylation is 1. The van der Waals surface area contributed by atoms with Crippen molar-refractivity contribution >= 4 is 17.2 Å². The molecule has 1 aliphatic rings. The van der Waals surface area contributed by atoms with Gasteiger partial charge in [0.1, 0.15) is 6.04 Å². The van der Waals surface area contributed by atoms with Gasteiger partial charge in [0.2, 0.25) is 5.91 Å². The normalized spacial score (nSPS) is 21.2. The Morgan fingerprint density at radius 3 is 3.05 bits per heavy atom. The molecule has 5 nitrogen and oxygen atoms in total. The van der Waals surface area contributed by atoms with Crippen LogP contribution in [0.2, 0.25) is 0 Å². The predicted molar refractivity (Wildman–Crippen MR) is 85.5 cm³/mol. The highest BCUT2D eigenvalue weighted by atomic mass is 32.1. The summed E-state index contributed by atoms with van der Waals surface area (Å²) >= 11 is 1.75. The van der Waals surface area contributed by atoms with Crippen molar-refractivity contribution in [2.45, 2.75) is 32.4 Å². The number of carbonyl (C=O) groups excluding carboxylic acids is 1. The van der Waals surface area contributed by atoms with Crippen LogP contribution in [0.15, 0.2) is 12.1 Å². The minimum Gasteiger partial charge on any atom is -0.378 e. The van der Waals surface area contributed by atoms with Crippen LogP contribution in [0.4, 0.5) is 0 Å². The highest BCUT2D eigenvalue weighted by molar-refractivity contribution is 7.12. The summed E-state index contributed by atoms with van der Waals surface area (Å²) in [4.78, 5) is 17.0. The molecule has 2 unspecified atom stereocenters. The van der Waals surface area contributed by atoms with Crippen LogP contribution in [-0.4, -0.2) is 49.7 Å². The second kappa shape index (κ2) is 7.89. The lowest BCUT2D eigenvalue weighted by atomic mass is 10.1. The number of carbonyl (C=O) groups is 1. The first-order chi connectivity index (χ1) is 10.2. The monoisotopic (exact) mass is 311 g/mol. The van der Waals surface area contributed by atoms with Crippen molar-refractivity contribution in [2.75, 3.05) is 32.8 Å². The molecule has 21 heavy (non-hydrogen) atoms. The summed E-state index contributed by atoms with van der Waals surface area (Å²) in [5.74, 6) is 0.0447. The highest BCUT2D eigenvalue weighted by Crippen LogP contribution is 2.29. The third-order valence-electron chi connectivity index (χ3n) is 3.73. The van der Waals surface area contributed by atoms with Gasteiger partial charge in [0, 0.05) is 29.4 Å². The summed E-state index contributed by atoms with van der Waals surface area (Å²) in [6, 6.07) is 4.06. The number of thiophene rings is 1. The van der Waals surface area contributed by atoms with Crippen LogP contribution in [0.3, 0.4) is 0 Å². The second-order valence-electron chi connectivity index (χ2n) is 5.32. The summed E-state index contributed by atoms with van der Waals surface area (Å²) in [6.45, 7) is 7.18. The summed E-state index contributed by atoms with van der Waals surface area (Å²) in [7, 11) is 0. The Hall–Kier alpha value is -0.950. The Bertz CT molecular complexity index is 464. The van der Waals surface area contributed by atoms with Crippen LogP contribution in [0.25, 0.3) is 0 Å². The smallest absolute Gasteiger partial charge is 0.239 e. The molecule has 0 bridgehead atoms. The molecule has 0 saturated carbocycles. The number of hydrogen-bond donors (Lipinski definition) is 2. The Morgan fingerprint density at radius 1 is 1.62 bits per heavy atom. The van der Waals surface area contributed by atoms with Gasteiger partial charge in [-0.2, -0.15) is 0 Å². The SMILES string of the molecule is CCCNC(=O)C1COCCN1C(CN)c1ccc(C)s1. The van der Waals surface area contributed by atoms with E-state index in [1.165, 1.54) is 9.75 Å². The fraction of sp³-hybridized carbons (Fsp3) is 0.667. The third-order valence-corrected chi connectivity index (χ3v) is 4.84. The van der Waals surface area contributed by atoms with E-state index in [2.05, 4.69) is 29.3 Å². The first kappa shape index (κ1) is 16.4. The van der Waals surface area contributed by atoms with Gasteiger partial charge in [0.25, 0.3) is 0 Å². The molecule has 0 radical (unpaired) electrons. The quantitative estimate of drug-likeness (QED) is 0.830. The first-order valence-corrected chi connectivity index (χ1v) is 8.36. The maximum Gasteiger partial charge on any atom is 0.239 e. The molecule has 1 fully saturated rings. The van der Waals surface area contributed by atoms with E-state index in [1.54, 1.807) is 11.3 Å². The summed E-state index contributed by atoms with van der Waals surface area (Å²) in [6.07, 6.45) is 0.934. The van der Waals surface area contributed by atoms with Crippen molar-refractivity contribution in [2.24, 2.45) is 5.73 Å². The average Bonchev–Trinajstić information content (AvgIpc) is 2.92. The molecule has 2 atom stereocenters. The maximum absolute atomic E-state index is 12.4. The van der Waals surface area contributed by atoms with Crippen LogP contribution >= 0.6 is 11.3 Å². The maximum atomic E-state index is 12.4. The standard InChI is InChI=1S/C15H25N3O2S/c1-3-6-17-15(19)13-10-20-8-7-18(13)12(9-16)14-5-4-11(2)21-14/h4-5,12-13H,3,6-10,16H2,1-2H3,(H,17,19). The molecule has 1 aromatic heterocycles. The zero-order valence-corrected chi connectivity index (χ0v) is 13.6. The van der Waals surface area contributed by atoms with E-state index in [-0.39, 0.29) is 18.0 Å². The van der Waals surface area contributed by atoms with Crippen molar-refractivity contribution in [3.63, 3.8) is 0 Å². The van der Waals surface area contributed by atoms with E-state index in [1.807, 2.05) is 6.92 Å². The van der Waals surface area contributed by atoms with Crippen LogP contribution in [-0.2, 0) is 9.53 Å². The van der Waals surface area contributed by atoms with E-state index >= 15 is 0 Å². The van der Waals surface area contributed by atoms with E-state index in [9.17, 15) is 4.79 Å². The minimum atomic E-state index is -0.249. The van der Waals surface area contributed by atoms with Crippen molar-refractivity contribution < 1.29 is 9.53 Å². The molecule has 1 aromatic rings. The Morgan fingerprint density at radius 2 is 2.43 bits per heavy atom. The number of nitrogens with two attached hydrogens (primary N) is 1. The third kappa shape index (κ3) is 4.03. The van der Waals surface area contributed by atoms with Crippen molar-refractivity contribution in [1.29, 1.82) is 0 Å². The van der Waals surface area contributed by atoms with Crippen LogP contribution in [0.5, 0.6) is 0 Å². The number of morpholine rings is 1. The van der Waals surface area contributed by atoms with Gasteiger partial charge in [-0.25, -0.2) is 0 Å². The predicted octanol–water partition coefficient (Wildman–Crippen LogP) is 1.28. The molecule has 1 amide bonds. The number of ether oxygens (including phenoxy) is 1. The minimum absolute atomic E-state index is 0.0447. The van der Waals surface area contributed by atoms with Gasteiger partial charge >= 0.3 is 0 Å². The fourth-order valence-electron chi connectivity index (χ4n) is 2.63. The number of hydrogen-bond acceptors (Lipinski definition) is 5. The van der Waals surface area contributed by atoms with Gasteiger partial charge in [-0.15, -0.1) is 11.3 Å². The molecule has 2 heterocycles. The Labute approximate surface area is 130 Å². The second-order valence-corrected chi connectivity index (χ2v) is 6.64. The van der Waals surface area contributed by atoms with Gasteiger partial charge in [0.15, 0.2) is 0 Å². The molecule has 0 aliphatic carbocycles. The fourth-order valence-corrected chi connectivity index (χ4v) is 3.64. The highest BCUT2D eigenvalue weighted by Gasteiger charge is 2.34. The van der Waals surface area contributed by atoms with Crippen LogP contribution in [0, 0.1) is 6.92 Å². The van der Waals surface area contributed by atoms with Crippen molar-refractivity contribution in [3.05, 3.63) is 21.9 Å². The average molecular weight is 311 g/mol. The number of amides is 1. The van der Waals surface area contributed by atoms with E-state index in [0.717, 1.165) is 13.0 Å². The first-order valence-electron chi connectivity index (χ1n) is 7.55. The zero-order chi connectivity index (χ0) is 15.2. The molecule has 1 saturated heterocycles. The van der Waals surface area contributed by atoms with Gasteiger partial charge in [-0.1, -0.05) is 6.92 Å². The Kier molecular flexibility index (Phi) is 6.17. The van der Waals surface area contributed by atoms with E-state index in [4.69, 9.17) is 10.5 Å². The van der Waals surface area contributed by atoms with Crippen LogP contribution in [0.1, 0.15) is 29.1 Å². The summed E-state index contributed by atoms with van der Waals surface area (Å²) < 4.78 is 5.51. The number of nitrogens with one attached hydrogen (secondary N) is 1. The van der Waals surface area contributed by atoms with Gasteiger partial charge < -0.3 is 15.8 Å². The largest absolute Gasteiger partial charge is 0.378 e. The molecule has 1 aliphatic heterocycles. The summed E-state index contributed by atoms with van der Waals surface area (Å²) in [5.41, 5.74) is 6.00. The number of nitrogens with zero attached hydrogens (tertiary/aromatic N) is 1. The lowest BCUT2D eigenvalue weighted by Gasteiger charge is -2.39. The van der Waals surface area contributed by atoms with Gasteiger partial charge in [0.05, 0.1) is 19.3 Å². The van der Waals surface area contributed by atoms with E-state index < -0.39 is 0 Å². The van der Waals surface area contributed by atoms with Crippen molar-refractivity contribution in [3.8, 4) is 0 Å². The van der Waals surface area contributed by atoms with Gasteiger partial charge in [-0.3, -0.25) is 9.69 Å². The summed E-state index contributed by atoms with van der Waals surface area (Å²) in [5, 5.41) is 2.97. The van der Waals surface area contributed by atoms with E-state index in [0.29, 0.717) is 26.3 Å². The molecule has 2 rings (SSSR count). The molecule has 3 N–H and O–H groups in total. The molecular weight excluding hydrogens is 286 g/mol. The molecular formula is C15H25N3O2S. The topological polar surface area (TPSA) is 67.6 Å². The lowest BCUT2D eigenvalue weighted by Crippen LogP contribution is -2.55. The molecule has 118 valence electrons. The van der Waals surface area contributed by atoms with Crippen LogP contribution < -0.4 is 11.1 Å². The number of rotatable bonds is 6. The molecule has 0 spiro atoms. The Balaban J connectivity index is 2.14. The zero-order valence-electron chi connectivity index (χ0n) is 12.8. The van der Waals surface area contributed by atoms with Crippen molar-refractivity contribution in [1.82, 2.24) is 10.2 Å². The van der Waals surface area contributed by atoms with Gasteiger partial charge in [-0.05, 0) is 25.5 Å². The lowest BCUT2D eigenvalue weighted by molar-refractivity contribution is -0.134.